The number of nitrogens with two attached hydrogens (primary N) is 1. The average molecular weight is 214 g/mol. The van der Waals surface area contributed by atoms with Crippen molar-refractivity contribution in [2.75, 3.05) is 0 Å². The Morgan fingerprint density at radius 1 is 1.07 bits per heavy atom. The third-order valence-electron chi connectivity index (χ3n) is 3.53. The van der Waals surface area contributed by atoms with Crippen LogP contribution in [0, 0.1) is 5.82 Å². The maximum atomic E-state index is 12.7. The lowest BCUT2D eigenvalue weighted by molar-refractivity contribution is -0.0590. The van der Waals surface area contributed by atoms with E-state index in [0.29, 0.717) is 5.41 Å². The molecule has 0 heterocycles. The fourth-order valence-electron chi connectivity index (χ4n) is 2.98. The molecule has 0 radical (unpaired) electrons. The van der Waals surface area contributed by atoms with E-state index in [0.717, 1.165) is 19.3 Å². The molecule has 3 aliphatic rings. The Morgan fingerprint density at radius 2 is 1.57 bits per heavy atom. The second-order valence-electron chi connectivity index (χ2n) is 4.68. The lowest BCUT2D eigenvalue weighted by Crippen LogP contribution is -2.74. The number of rotatable bonds is 1. The van der Waals surface area contributed by atoms with Crippen molar-refractivity contribution in [3.63, 3.8) is 0 Å². The summed E-state index contributed by atoms with van der Waals surface area (Å²) in [6, 6.07) is 6.87. The van der Waals surface area contributed by atoms with Crippen LogP contribution in [0.25, 0.3) is 0 Å². The first-order valence-electron chi connectivity index (χ1n) is 4.67. The largest absolute Gasteiger partial charge is 0.325 e. The highest BCUT2D eigenvalue weighted by Gasteiger charge is 2.66. The Hall–Kier alpha value is -0.600. The summed E-state index contributed by atoms with van der Waals surface area (Å²) in [4.78, 5) is 0. The van der Waals surface area contributed by atoms with E-state index in [1.165, 1.54) is 5.56 Å². The van der Waals surface area contributed by atoms with Crippen LogP contribution in [0.2, 0.25) is 0 Å². The van der Waals surface area contributed by atoms with E-state index >= 15 is 0 Å². The Labute approximate surface area is 88.9 Å². The van der Waals surface area contributed by atoms with Gasteiger partial charge < -0.3 is 5.73 Å². The molecule has 0 spiro atoms. The molecule has 0 saturated heterocycles. The van der Waals surface area contributed by atoms with Crippen molar-refractivity contribution in [1.82, 2.24) is 0 Å². The highest BCUT2D eigenvalue weighted by Crippen LogP contribution is 2.66. The molecule has 0 unspecified atom stereocenters. The third kappa shape index (κ3) is 1.11. The summed E-state index contributed by atoms with van der Waals surface area (Å²) in [5.74, 6) is -0.155. The molecule has 76 valence electrons. The Morgan fingerprint density at radius 3 is 2.00 bits per heavy atom. The standard InChI is InChI=1S/C11H12FN.ClH/c12-9-3-1-8(2-4-9)10-5-11(13,6-10)7-10;/h1-4H,5-7,13H2;1H. The van der Waals surface area contributed by atoms with Gasteiger partial charge in [-0.2, -0.15) is 0 Å². The Bertz CT molecular complexity index is 340. The van der Waals surface area contributed by atoms with Gasteiger partial charge in [0, 0.05) is 11.0 Å². The predicted octanol–water partition coefficient (Wildman–Crippen LogP) is 2.38. The quantitative estimate of drug-likeness (QED) is 0.762. The summed E-state index contributed by atoms with van der Waals surface area (Å²) in [5.41, 5.74) is 7.69. The van der Waals surface area contributed by atoms with Gasteiger partial charge in [-0.15, -0.1) is 12.4 Å². The van der Waals surface area contributed by atoms with E-state index in [1.54, 1.807) is 12.1 Å². The van der Waals surface area contributed by atoms with E-state index < -0.39 is 0 Å². The zero-order valence-corrected chi connectivity index (χ0v) is 8.61. The number of benzene rings is 1. The van der Waals surface area contributed by atoms with Crippen molar-refractivity contribution < 1.29 is 4.39 Å². The molecule has 0 atom stereocenters. The second-order valence-corrected chi connectivity index (χ2v) is 4.68. The summed E-state index contributed by atoms with van der Waals surface area (Å²) in [7, 11) is 0. The predicted molar refractivity (Wildman–Crippen MR) is 56.1 cm³/mol. The molecular formula is C11H13ClFN. The summed E-state index contributed by atoms with van der Waals surface area (Å²) >= 11 is 0. The Balaban J connectivity index is 0.000000750. The molecule has 3 saturated carbocycles. The molecule has 1 aromatic rings. The minimum absolute atomic E-state index is 0. The summed E-state index contributed by atoms with van der Waals surface area (Å²) < 4.78 is 12.7. The first-order valence-corrected chi connectivity index (χ1v) is 4.67. The van der Waals surface area contributed by atoms with Crippen LogP contribution >= 0.6 is 12.4 Å². The number of hydrogen-bond donors (Lipinski definition) is 1. The molecule has 1 aromatic carbocycles. The molecule has 2 bridgehead atoms. The van der Waals surface area contributed by atoms with E-state index in [4.69, 9.17) is 5.73 Å². The molecule has 3 aliphatic carbocycles. The number of halogens is 2. The summed E-state index contributed by atoms with van der Waals surface area (Å²) in [6.07, 6.45) is 3.27. The van der Waals surface area contributed by atoms with Crippen molar-refractivity contribution in [3.8, 4) is 0 Å². The van der Waals surface area contributed by atoms with Crippen molar-refractivity contribution in [2.24, 2.45) is 5.73 Å². The smallest absolute Gasteiger partial charge is 0.123 e. The molecular weight excluding hydrogens is 201 g/mol. The van der Waals surface area contributed by atoms with E-state index in [2.05, 4.69) is 0 Å². The van der Waals surface area contributed by atoms with Crippen LogP contribution in [0.1, 0.15) is 24.8 Å². The number of hydrogen-bond acceptors (Lipinski definition) is 1. The van der Waals surface area contributed by atoms with Gasteiger partial charge >= 0.3 is 0 Å². The van der Waals surface area contributed by atoms with Crippen LogP contribution in [-0.2, 0) is 5.41 Å². The van der Waals surface area contributed by atoms with Crippen molar-refractivity contribution >= 4 is 12.4 Å². The van der Waals surface area contributed by atoms with E-state index in [-0.39, 0.29) is 23.8 Å². The van der Waals surface area contributed by atoms with E-state index in [9.17, 15) is 4.39 Å². The van der Waals surface area contributed by atoms with Crippen LogP contribution in [0.3, 0.4) is 0 Å². The lowest BCUT2D eigenvalue weighted by Gasteiger charge is -2.69. The highest BCUT2D eigenvalue weighted by atomic mass is 35.5. The van der Waals surface area contributed by atoms with Gasteiger partial charge in [-0.25, -0.2) is 4.39 Å². The zero-order valence-electron chi connectivity index (χ0n) is 7.79. The van der Waals surface area contributed by atoms with Gasteiger partial charge in [0.1, 0.15) is 5.82 Å². The fraction of sp³-hybridized carbons (Fsp3) is 0.455. The normalized spacial score (nSPS) is 37.9. The zero-order chi connectivity index (χ0) is 9.10. The Kier molecular flexibility index (Phi) is 1.92. The van der Waals surface area contributed by atoms with E-state index in [1.807, 2.05) is 12.1 Å². The van der Waals surface area contributed by atoms with Crippen molar-refractivity contribution in [3.05, 3.63) is 35.6 Å². The first-order chi connectivity index (χ1) is 6.12. The van der Waals surface area contributed by atoms with Gasteiger partial charge in [-0.1, -0.05) is 12.1 Å². The summed E-state index contributed by atoms with van der Waals surface area (Å²) in [6.45, 7) is 0. The van der Waals surface area contributed by atoms with Gasteiger partial charge in [0.05, 0.1) is 0 Å². The molecule has 1 nitrogen and oxygen atoms in total. The van der Waals surface area contributed by atoms with Crippen molar-refractivity contribution in [1.29, 1.82) is 0 Å². The molecule has 4 rings (SSSR count). The van der Waals surface area contributed by atoms with Gasteiger partial charge in [0.25, 0.3) is 0 Å². The average Bonchev–Trinajstić information content (AvgIpc) is 1.99. The van der Waals surface area contributed by atoms with Gasteiger partial charge in [-0.05, 0) is 37.0 Å². The first kappa shape index (κ1) is 9.94. The molecule has 2 N–H and O–H groups in total. The molecule has 0 aromatic heterocycles. The minimum Gasteiger partial charge on any atom is -0.325 e. The monoisotopic (exact) mass is 213 g/mol. The van der Waals surface area contributed by atoms with Crippen LogP contribution < -0.4 is 5.73 Å². The molecule has 0 aliphatic heterocycles. The minimum atomic E-state index is -0.155. The van der Waals surface area contributed by atoms with Crippen molar-refractivity contribution in [2.45, 2.75) is 30.2 Å². The lowest BCUT2D eigenvalue weighted by atomic mass is 9.38. The van der Waals surface area contributed by atoms with Crippen LogP contribution in [0.5, 0.6) is 0 Å². The van der Waals surface area contributed by atoms with Gasteiger partial charge in [0.2, 0.25) is 0 Å². The third-order valence-corrected chi connectivity index (χ3v) is 3.53. The maximum Gasteiger partial charge on any atom is 0.123 e. The molecule has 14 heavy (non-hydrogen) atoms. The molecule has 3 heteroatoms. The van der Waals surface area contributed by atoms with Gasteiger partial charge in [0.15, 0.2) is 0 Å². The topological polar surface area (TPSA) is 26.0 Å². The fourth-order valence-corrected chi connectivity index (χ4v) is 2.98. The van der Waals surface area contributed by atoms with Crippen LogP contribution in [0.4, 0.5) is 4.39 Å². The highest BCUT2D eigenvalue weighted by molar-refractivity contribution is 5.85. The molecule has 3 fully saturated rings. The summed E-state index contributed by atoms with van der Waals surface area (Å²) in [5, 5.41) is 0. The SMILES string of the molecule is Cl.NC12CC(c3ccc(F)cc3)(C1)C2. The second kappa shape index (κ2) is 2.71. The van der Waals surface area contributed by atoms with Gasteiger partial charge in [-0.3, -0.25) is 0 Å². The van der Waals surface area contributed by atoms with Crippen LogP contribution in [-0.4, -0.2) is 5.54 Å². The maximum absolute atomic E-state index is 12.7. The van der Waals surface area contributed by atoms with Crippen LogP contribution in [0.15, 0.2) is 24.3 Å². The molecule has 0 amide bonds.